The molecule has 2 aromatic rings. The lowest BCUT2D eigenvalue weighted by molar-refractivity contribution is -0.122. The summed E-state index contributed by atoms with van der Waals surface area (Å²) in [6, 6.07) is 9.82. The second-order valence-corrected chi connectivity index (χ2v) is 9.83. The van der Waals surface area contributed by atoms with E-state index < -0.39 is 15.9 Å². The van der Waals surface area contributed by atoms with E-state index in [1.807, 2.05) is 12.3 Å². The van der Waals surface area contributed by atoms with Crippen molar-refractivity contribution in [3.63, 3.8) is 0 Å². The summed E-state index contributed by atoms with van der Waals surface area (Å²) in [5.41, 5.74) is 1.16. The van der Waals surface area contributed by atoms with Gasteiger partial charge in [0.15, 0.2) is 0 Å². The van der Waals surface area contributed by atoms with Crippen LogP contribution in [0.3, 0.4) is 0 Å². The van der Waals surface area contributed by atoms with E-state index in [9.17, 15) is 18.0 Å². The average Bonchev–Trinajstić information content (AvgIpc) is 3.17. The summed E-state index contributed by atoms with van der Waals surface area (Å²) in [5, 5.41) is 3.66. The zero-order valence-electron chi connectivity index (χ0n) is 17.7. The van der Waals surface area contributed by atoms with Crippen LogP contribution in [0.2, 0.25) is 0 Å². The van der Waals surface area contributed by atoms with Crippen molar-refractivity contribution in [2.75, 3.05) is 36.1 Å². The van der Waals surface area contributed by atoms with Gasteiger partial charge in [-0.25, -0.2) is 13.4 Å². The molecule has 1 unspecified atom stereocenters. The molecule has 8 nitrogen and oxygen atoms in total. The molecule has 1 aromatic carbocycles. The smallest absolute Gasteiger partial charge is 0.243 e. The zero-order valence-corrected chi connectivity index (χ0v) is 19.4. The molecule has 0 saturated carbocycles. The van der Waals surface area contributed by atoms with Gasteiger partial charge >= 0.3 is 0 Å². The number of aromatic nitrogens is 1. The standard InChI is InChI=1S/C21H26N4O4S2/c1-4-24(5-2)31(28,29)18-9-7-17(8-10-18)25-14-15(12-20(25)26)21(27)23-16-6-11-19(30-3)22-13-16/h6-11,13,15H,4-5,12,14H2,1-3H3,(H,23,27). The molecular weight excluding hydrogens is 436 g/mol. The Morgan fingerprint density at radius 1 is 1.19 bits per heavy atom. The van der Waals surface area contributed by atoms with Crippen LogP contribution in [0.4, 0.5) is 11.4 Å². The minimum Gasteiger partial charge on any atom is -0.324 e. The molecule has 0 radical (unpaired) electrons. The Balaban J connectivity index is 1.69. The number of hydrogen-bond donors (Lipinski definition) is 1. The van der Waals surface area contributed by atoms with E-state index in [-0.39, 0.29) is 29.7 Å². The first-order valence-corrected chi connectivity index (χ1v) is 12.7. The summed E-state index contributed by atoms with van der Waals surface area (Å²) >= 11 is 1.51. The third kappa shape index (κ3) is 5.08. The third-order valence-electron chi connectivity index (χ3n) is 5.20. The number of hydrogen-bond acceptors (Lipinski definition) is 6. The first-order chi connectivity index (χ1) is 14.8. The molecule has 166 valence electrons. The van der Waals surface area contributed by atoms with Crippen LogP contribution in [-0.2, 0) is 19.6 Å². The summed E-state index contributed by atoms with van der Waals surface area (Å²) in [5.74, 6) is -0.905. The molecule has 10 heteroatoms. The maximum atomic E-state index is 12.6. The highest BCUT2D eigenvalue weighted by atomic mass is 32.2. The van der Waals surface area contributed by atoms with Crippen molar-refractivity contribution in [1.29, 1.82) is 0 Å². The number of pyridine rings is 1. The van der Waals surface area contributed by atoms with Gasteiger partial charge in [-0.1, -0.05) is 13.8 Å². The molecule has 1 aromatic heterocycles. The number of nitrogens with zero attached hydrogens (tertiary/aromatic N) is 3. The topological polar surface area (TPSA) is 99.7 Å². The predicted molar refractivity (Wildman–Crippen MR) is 122 cm³/mol. The molecule has 1 atom stereocenters. The van der Waals surface area contributed by atoms with Gasteiger partial charge < -0.3 is 10.2 Å². The van der Waals surface area contributed by atoms with Crippen LogP contribution in [-0.4, -0.2) is 55.4 Å². The molecule has 1 aliphatic rings. The maximum absolute atomic E-state index is 12.6. The summed E-state index contributed by atoms with van der Waals surface area (Å²) in [6.45, 7) is 4.59. The van der Waals surface area contributed by atoms with Gasteiger partial charge in [-0.05, 0) is 42.7 Å². The molecule has 2 amide bonds. The molecule has 1 aliphatic heterocycles. The second-order valence-electron chi connectivity index (χ2n) is 7.07. The number of sulfonamides is 1. The molecule has 0 spiro atoms. The molecule has 1 fully saturated rings. The molecule has 3 rings (SSSR count). The number of benzene rings is 1. The van der Waals surface area contributed by atoms with Gasteiger partial charge in [0.2, 0.25) is 21.8 Å². The van der Waals surface area contributed by atoms with Crippen molar-refractivity contribution >= 4 is 45.0 Å². The van der Waals surface area contributed by atoms with Gasteiger partial charge in [0, 0.05) is 31.7 Å². The van der Waals surface area contributed by atoms with E-state index >= 15 is 0 Å². The van der Waals surface area contributed by atoms with E-state index in [4.69, 9.17) is 0 Å². The highest BCUT2D eigenvalue weighted by Gasteiger charge is 2.35. The van der Waals surface area contributed by atoms with Gasteiger partial charge in [-0.2, -0.15) is 4.31 Å². The molecule has 1 saturated heterocycles. The van der Waals surface area contributed by atoms with Crippen LogP contribution in [0.1, 0.15) is 20.3 Å². The fraction of sp³-hybridized carbons (Fsp3) is 0.381. The van der Waals surface area contributed by atoms with E-state index in [1.54, 1.807) is 38.2 Å². The third-order valence-corrected chi connectivity index (χ3v) is 7.92. The van der Waals surface area contributed by atoms with Crippen molar-refractivity contribution in [1.82, 2.24) is 9.29 Å². The Bertz CT molecular complexity index is 1040. The lowest BCUT2D eigenvalue weighted by Crippen LogP contribution is -2.31. The SMILES string of the molecule is CCN(CC)S(=O)(=O)c1ccc(N2CC(C(=O)Nc3ccc(SC)nc3)CC2=O)cc1. The summed E-state index contributed by atoms with van der Waals surface area (Å²) in [6.07, 6.45) is 3.61. The molecule has 0 bridgehead atoms. The van der Waals surface area contributed by atoms with Gasteiger partial charge in [0.25, 0.3) is 0 Å². The minimum atomic E-state index is -3.56. The fourth-order valence-electron chi connectivity index (χ4n) is 3.46. The number of rotatable bonds is 8. The Kier molecular flexibility index (Phi) is 7.34. The zero-order chi connectivity index (χ0) is 22.6. The van der Waals surface area contributed by atoms with Crippen LogP contribution in [0.5, 0.6) is 0 Å². The molecule has 1 N–H and O–H groups in total. The Hall–Kier alpha value is -2.43. The highest BCUT2D eigenvalue weighted by Crippen LogP contribution is 2.28. The minimum absolute atomic E-state index is 0.0989. The van der Waals surface area contributed by atoms with E-state index in [0.29, 0.717) is 24.5 Å². The lowest BCUT2D eigenvalue weighted by Gasteiger charge is -2.20. The number of nitrogens with one attached hydrogen (secondary N) is 1. The van der Waals surface area contributed by atoms with Crippen molar-refractivity contribution in [3.8, 4) is 0 Å². The number of carbonyl (C=O) groups is 2. The summed E-state index contributed by atoms with van der Waals surface area (Å²) < 4.78 is 26.6. The number of carbonyl (C=O) groups excluding carboxylic acids is 2. The molecule has 31 heavy (non-hydrogen) atoms. The normalized spacial score (nSPS) is 16.7. The Morgan fingerprint density at radius 3 is 2.42 bits per heavy atom. The van der Waals surface area contributed by atoms with Crippen LogP contribution in [0.25, 0.3) is 0 Å². The second kappa shape index (κ2) is 9.80. The maximum Gasteiger partial charge on any atom is 0.243 e. The lowest BCUT2D eigenvalue weighted by atomic mass is 10.1. The van der Waals surface area contributed by atoms with Crippen LogP contribution < -0.4 is 10.2 Å². The molecular formula is C21H26N4O4S2. The fourth-order valence-corrected chi connectivity index (χ4v) is 5.28. The predicted octanol–water partition coefficient (Wildman–Crippen LogP) is 2.83. The van der Waals surface area contributed by atoms with Crippen molar-refractivity contribution in [3.05, 3.63) is 42.6 Å². The van der Waals surface area contributed by atoms with Gasteiger partial charge in [-0.3, -0.25) is 9.59 Å². The summed E-state index contributed by atoms with van der Waals surface area (Å²) in [7, 11) is -3.56. The Morgan fingerprint density at radius 2 is 1.87 bits per heavy atom. The van der Waals surface area contributed by atoms with Crippen LogP contribution in [0.15, 0.2) is 52.5 Å². The number of amides is 2. The molecule has 2 heterocycles. The van der Waals surface area contributed by atoms with Gasteiger partial charge in [0.1, 0.15) is 0 Å². The average molecular weight is 463 g/mol. The summed E-state index contributed by atoms with van der Waals surface area (Å²) in [4.78, 5) is 31.1. The number of anilines is 2. The van der Waals surface area contributed by atoms with Gasteiger partial charge in [0.05, 0.1) is 27.7 Å². The monoisotopic (exact) mass is 462 g/mol. The van der Waals surface area contributed by atoms with E-state index in [0.717, 1.165) is 5.03 Å². The van der Waals surface area contributed by atoms with Gasteiger partial charge in [-0.15, -0.1) is 11.8 Å². The van der Waals surface area contributed by atoms with E-state index in [2.05, 4.69) is 10.3 Å². The Labute approximate surface area is 187 Å². The first-order valence-electron chi connectivity index (χ1n) is 10.0. The van der Waals surface area contributed by atoms with Crippen molar-refractivity contribution < 1.29 is 18.0 Å². The van der Waals surface area contributed by atoms with E-state index in [1.165, 1.54) is 33.1 Å². The number of thioether (sulfide) groups is 1. The van der Waals surface area contributed by atoms with Crippen LogP contribution in [0, 0.1) is 5.92 Å². The highest BCUT2D eigenvalue weighted by molar-refractivity contribution is 7.98. The van der Waals surface area contributed by atoms with Crippen molar-refractivity contribution in [2.45, 2.75) is 30.2 Å². The van der Waals surface area contributed by atoms with Crippen LogP contribution >= 0.6 is 11.8 Å². The first kappa shape index (κ1) is 23.2. The quantitative estimate of drug-likeness (QED) is 0.606. The van der Waals surface area contributed by atoms with Crippen molar-refractivity contribution in [2.24, 2.45) is 5.92 Å². The molecule has 0 aliphatic carbocycles. The largest absolute Gasteiger partial charge is 0.324 e.